The maximum atomic E-state index is 11.1. The van der Waals surface area contributed by atoms with Crippen LogP contribution < -0.4 is 5.32 Å². The lowest BCUT2D eigenvalue weighted by atomic mass is 10.6. The maximum Gasteiger partial charge on any atom is 0.325 e. The molecule has 0 atom stereocenters. The maximum absolute atomic E-state index is 11.1. The van der Waals surface area contributed by atoms with E-state index in [1.807, 2.05) is 0 Å². The van der Waals surface area contributed by atoms with Crippen molar-refractivity contribution in [3.63, 3.8) is 0 Å². The molecule has 0 aromatic heterocycles. The number of amides is 2. The number of urea groups is 1. The fourth-order valence-corrected chi connectivity index (χ4v) is 0.746. The summed E-state index contributed by atoms with van der Waals surface area (Å²) < 4.78 is 4.61. The van der Waals surface area contributed by atoms with Gasteiger partial charge in [-0.3, -0.25) is 4.79 Å². The Morgan fingerprint density at radius 2 is 2.14 bits per heavy atom. The first-order chi connectivity index (χ1) is 6.61. The van der Waals surface area contributed by atoms with E-state index in [1.54, 1.807) is 6.92 Å². The number of carbonyl (C=O) groups excluding carboxylic acids is 2. The van der Waals surface area contributed by atoms with Crippen LogP contribution >= 0.6 is 0 Å². The van der Waals surface area contributed by atoms with Crippen LogP contribution in [0.1, 0.15) is 6.92 Å². The van der Waals surface area contributed by atoms with Gasteiger partial charge in [-0.1, -0.05) is 0 Å². The van der Waals surface area contributed by atoms with Gasteiger partial charge in [-0.25, -0.2) is 4.79 Å². The van der Waals surface area contributed by atoms with Gasteiger partial charge in [0.05, 0.1) is 13.2 Å². The molecule has 0 aliphatic heterocycles. The standard InChI is InChI=1S/C8H16N2O4/c1-3-14-7(12)6-9-8(13)10(2)4-5-11/h11H,3-6H2,1-2H3,(H,9,13). The minimum Gasteiger partial charge on any atom is -0.465 e. The normalized spacial score (nSPS) is 9.36. The van der Waals surface area contributed by atoms with E-state index in [2.05, 4.69) is 10.1 Å². The Morgan fingerprint density at radius 3 is 2.64 bits per heavy atom. The van der Waals surface area contributed by atoms with Crippen molar-refractivity contribution >= 4 is 12.0 Å². The summed E-state index contributed by atoms with van der Waals surface area (Å²) in [5, 5.41) is 10.9. The number of aliphatic hydroxyl groups is 1. The van der Waals surface area contributed by atoms with Crippen molar-refractivity contribution in [3.8, 4) is 0 Å². The van der Waals surface area contributed by atoms with Gasteiger partial charge in [0.25, 0.3) is 0 Å². The average Bonchev–Trinajstić information content (AvgIpc) is 2.15. The van der Waals surface area contributed by atoms with Gasteiger partial charge in [0.2, 0.25) is 0 Å². The molecule has 0 bridgehead atoms. The van der Waals surface area contributed by atoms with Crippen molar-refractivity contribution in [1.82, 2.24) is 10.2 Å². The summed E-state index contributed by atoms with van der Waals surface area (Å²) in [6.45, 7) is 1.96. The van der Waals surface area contributed by atoms with Gasteiger partial charge in [0.15, 0.2) is 0 Å². The van der Waals surface area contributed by atoms with Crippen molar-refractivity contribution in [2.24, 2.45) is 0 Å². The molecule has 0 spiro atoms. The third-order valence-electron chi connectivity index (χ3n) is 1.47. The number of aliphatic hydroxyl groups excluding tert-OH is 1. The molecular formula is C8H16N2O4. The zero-order valence-corrected chi connectivity index (χ0v) is 8.45. The molecule has 0 saturated carbocycles. The molecule has 0 rings (SSSR count). The first-order valence-corrected chi connectivity index (χ1v) is 4.37. The molecule has 0 heterocycles. The van der Waals surface area contributed by atoms with Crippen LogP contribution in [0.25, 0.3) is 0 Å². The highest BCUT2D eigenvalue weighted by Crippen LogP contribution is 1.83. The number of ether oxygens (including phenoxy) is 1. The van der Waals surface area contributed by atoms with E-state index in [1.165, 1.54) is 11.9 Å². The molecule has 2 amide bonds. The first kappa shape index (κ1) is 12.7. The molecule has 2 N–H and O–H groups in total. The molecule has 0 radical (unpaired) electrons. The second kappa shape index (κ2) is 7.14. The van der Waals surface area contributed by atoms with E-state index in [4.69, 9.17) is 5.11 Å². The lowest BCUT2D eigenvalue weighted by molar-refractivity contribution is -0.141. The molecule has 14 heavy (non-hydrogen) atoms. The fourth-order valence-electron chi connectivity index (χ4n) is 0.746. The highest BCUT2D eigenvalue weighted by molar-refractivity contribution is 5.80. The van der Waals surface area contributed by atoms with Gasteiger partial charge in [-0.05, 0) is 6.92 Å². The van der Waals surface area contributed by atoms with Gasteiger partial charge in [-0.15, -0.1) is 0 Å². The number of hydrogen-bond donors (Lipinski definition) is 2. The number of esters is 1. The van der Waals surface area contributed by atoms with Crippen molar-refractivity contribution in [2.75, 3.05) is 33.4 Å². The molecule has 6 heteroatoms. The van der Waals surface area contributed by atoms with Crippen LogP contribution in [0.15, 0.2) is 0 Å². The third-order valence-corrected chi connectivity index (χ3v) is 1.47. The minimum absolute atomic E-state index is 0.108. The predicted octanol–water partition coefficient (Wildman–Crippen LogP) is -0.817. The zero-order chi connectivity index (χ0) is 11.0. The molecule has 0 aromatic rings. The Hall–Kier alpha value is -1.30. The molecule has 0 saturated heterocycles. The van der Waals surface area contributed by atoms with E-state index in [9.17, 15) is 9.59 Å². The number of nitrogens with one attached hydrogen (secondary N) is 1. The van der Waals surface area contributed by atoms with Crippen LogP contribution in [0.2, 0.25) is 0 Å². The van der Waals surface area contributed by atoms with E-state index in [0.29, 0.717) is 6.61 Å². The summed E-state index contributed by atoms with van der Waals surface area (Å²) in [5.74, 6) is -0.474. The lowest BCUT2D eigenvalue weighted by Gasteiger charge is -2.15. The zero-order valence-electron chi connectivity index (χ0n) is 8.45. The van der Waals surface area contributed by atoms with E-state index >= 15 is 0 Å². The largest absolute Gasteiger partial charge is 0.465 e. The summed E-state index contributed by atoms with van der Waals surface area (Å²) in [6, 6.07) is -0.410. The second-order valence-electron chi connectivity index (χ2n) is 2.61. The highest BCUT2D eigenvalue weighted by Gasteiger charge is 2.09. The van der Waals surface area contributed by atoms with Crippen LogP contribution in [0.5, 0.6) is 0 Å². The quantitative estimate of drug-likeness (QED) is 0.574. The molecular weight excluding hydrogens is 188 g/mol. The Labute approximate surface area is 82.8 Å². The highest BCUT2D eigenvalue weighted by atomic mass is 16.5. The topological polar surface area (TPSA) is 78.9 Å². The predicted molar refractivity (Wildman–Crippen MR) is 49.7 cm³/mol. The Bertz CT molecular complexity index is 196. The summed E-state index contributed by atoms with van der Waals surface area (Å²) >= 11 is 0. The number of carbonyl (C=O) groups is 2. The Balaban J connectivity index is 3.67. The fraction of sp³-hybridized carbons (Fsp3) is 0.750. The van der Waals surface area contributed by atoms with Gasteiger partial charge in [0, 0.05) is 13.6 Å². The number of hydrogen-bond acceptors (Lipinski definition) is 4. The number of nitrogens with zero attached hydrogens (tertiary/aromatic N) is 1. The summed E-state index contributed by atoms with van der Waals surface area (Å²) in [7, 11) is 1.52. The minimum atomic E-state index is -0.474. The molecule has 0 aliphatic rings. The van der Waals surface area contributed by atoms with Gasteiger partial charge >= 0.3 is 12.0 Å². The van der Waals surface area contributed by atoms with Crippen molar-refractivity contribution in [1.29, 1.82) is 0 Å². The monoisotopic (exact) mass is 204 g/mol. The van der Waals surface area contributed by atoms with Gasteiger partial charge in [0.1, 0.15) is 6.54 Å². The first-order valence-electron chi connectivity index (χ1n) is 4.37. The SMILES string of the molecule is CCOC(=O)CNC(=O)N(C)CCO. The third kappa shape index (κ3) is 5.36. The van der Waals surface area contributed by atoms with Crippen molar-refractivity contribution in [3.05, 3.63) is 0 Å². The number of rotatable bonds is 5. The van der Waals surface area contributed by atoms with Crippen molar-refractivity contribution in [2.45, 2.75) is 6.92 Å². The molecule has 0 aromatic carbocycles. The van der Waals surface area contributed by atoms with Crippen LogP contribution in [-0.2, 0) is 9.53 Å². The molecule has 82 valence electrons. The lowest BCUT2D eigenvalue weighted by Crippen LogP contribution is -2.41. The molecule has 0 aliphatic carbocycles. The Kier molecular flexibility index (Phi) is 6.47. The Morgan fingerprint density at radius 1 is 1.50 bits per heavy atom. The van der Waals surface area contributed by atoms with Gasteiger partial charge in [-0.2, -0.15) is 0 Å². The van der Waals surface area contributed by atoms with Crippen LogP contribution in [0, 0.1) is 0 Å². The van der Waals surface area contributed by atoms with Crippen LogP contribution in [0.3, 0.4) is 0 Å². The summed E-state index contributed by atoms with van der Waals surface area (Å²) in [5.41, 5.74) is 0. The van der Waals surface area contributed by atoms with Crippen LogP contribution in [0.4, 0.5) is 4.79 Å². The average molecular weight is 204 g/mol. The molecule has 6 nitrogen and oxygen atoms in total. The van der Waals surface area contributed by atoms with Crippen LogP contribution in [-0.4, -0.2) is 55.4 Å². The van der Waals surface area contributed by atoms with Crippen molar-refractivity contribution < 1.29 is 19.4 Å². The van der Waals surface area contributed by atoms with E-state index in [0.717, 1.165) is 0 Å². The summed E-state index contributed by atoms with van der Waals surface area (Å²) in [4.78, 5) is 23.2. The van der Waals surface area contributed by atoms with E-state index < -0.39 is 12.0 Å². The second-order valence-corrected chi connectivity index (χ2v) is 2.61. The smallest absolute Gasteiger partial charge is 0.325 e. The molecule has 0 unspecified atom stereocenters. The van der Waals surface area contributed by atoms with E-state index in [-0.39, 0.29) is 19.7 Å². The number of likely N-dealkylation sites (N-methyl/N-ethyl adjacent to an activating group) is 1. The molecule has 0 fully saturated rings. The summed E-state index contributed by atoms with van der Waals surface area (Å²) in [6.07, 6.45) is 0. The van der Waals surface area contributed by atoms with Gasteiger partial charge < -0.3 is 20.1 Å².